The maximum absolute atomic E-state index is 12.4. The molecule has 1 saturated heterocycles. The summed E-state index contributed by atoms with van der Waals surface area (Å²) in [6, 6.07) is 18.5. The molecule has 0 aromatic heterocycles. The lowest BCUT2D eigenvalue weighted by Crippen LogP contribution is -2.60. The van der Waals surface area contributed by atoms with E-state index in [-0.39, 0.29) is 24.0 Å². The summed E-state index contributed by atoms with van der Waals surface area (Å²) >= 11 is 5.35. The van der Waals surface area contributed by atoms with Crippen LogP contribution in [0, 0.1) is 0 Å². The third-order valence-corrected chi connectivity index (χ3v) is 5.46. The number of aryl methyl sites for hydroxylation is 1. The molecule has 1 atom stereocenters. The van der Waals surface area contributed by atoms with Crippen molar-refractivity contribution in [3.8, 4) is 0 Å². The van der Waals surface area contributed by atoms with E-state index in [4.69, 9.17) is 17.0 Å². The number of piperazine rings is 1. The van der Waals surface area contributed by atoms with Gasteiger partial charge in [0.05, 0.1) is 13.0 Å². The molecule has 3 rings (SSSR count). The molecule has 7 nitrogen and oxygen atoms in total. The monoisotopic (exact) mass is 465 g/mol. The molecule has 8 heteroatoms. The molecule has 1 aliphatic rings. The number of thiocarbonyl (C=S) groups is 1. The molecule has 1 fully saturated rings. The van der Waals surface area contributed by atoms with Gasteiger partial charge in [-0.15, -0.1) is 0 Å². The zero-order valence-corrected chi connectivity index (χ0v) is 19.1. The fourth-order valence-corrected chi connectivity index (χ4v) is 3.76. The topological polar surface area (TPSA) is 87.7 Å². The molecular weight excluding hydrogens is 438 g/mol. The highest BCUT2D eigenvalue weighted by molar-refractivity contribution is 7.80. The van der Waals surface area contributed by atoms with Crippen molar-refractivity contribution in [3.05, 3.63) is 77.9 Å². The van der Waals surface area contributed by atoms with Gasteiger partial charge in [0, 0.05) is 19.2 Å². The molecule has 0 saturated carbocycles. The summed E-state index contributed by atoms with van der Waals surface area (Å²) in [4.78, 5) is 38.6. The van der Waals surface area contributed by atoms with Crippen molar-refractivity contribution in [2.45, 2.75) is 25.3 Å². The van der Waals surface area contributed by atoms with Crippen molar-refractivity contribution in [3.63, 3.8) is 0 Å². The summed E-state index contributed by atoms with van der Waals surface area (Å²) in [6.07, 6.45) is 4.40. The lowest BCUT2D eigenvalue weighted by Gasteiger charge is -2.36. The summed E-state index contributed by atoms with van der Waals surface area (Å²) in [7, 11) is 0. The summed E-state index contributed by atoms with van der Waals surface area (Å²) in [6.45, 7) is 1.03. The maximum Gasteiger partial charge on any atom is 0.308 e. The van der Waals surface area contributed by atoms with Gasteiger partial charge in [0.2, 0.25) is 11.8 Å². The van der Waals surface area contributed by atoms with Crippen LogP contribution in [0.5, 0.6) is 0 Å². The Morgan fingerprint density at radius 3 is 2.55 bits per heavy atom. The van der Waals surface area contributed by atoms with Crippen molar-refractivity contribution in [2.75, 3.05) is 19.7 Å². The van der Waals surface area contributed by atoms with Crippen LogP contribution in [-0.4, -0.2) is 53.5 Å². The fourth-order valence-electron chi connectivity index (χ4n) is 3.44. The van der Waals surface area contributed by atoms with Gasteiger partial charge in [0.25, 0.3) is 0 Å². The van der Waals surface area contributed by atoms with E-state index in [0.29, 0.717) is 19.5 Å². The molecule has 2 aromatic carbocycles. The van der Waals surface area contributed by atoms with Crippen LogP contribution in [0.15, 0.2) is 66.7 Å². The predicted octanol–water partition coefficient (Wildman–Crippen LogP) is 2.47. The number of rotatable bonds is 8. The van der Waals surface area contributed by atoms with Crippen LogP contribution < -0.4 is 10.6 Å². The van der Waals surface area contributed by atoms with Gasteiger partial charge in [0.1, 0.15) is 6.04 Å². The van der Waals surface area contributed by atoms with E-state index in [1.807, 2.05) is 60.7 Å². The van der Waals surface area contributed by atoms with Crippen LogP contribution in [0.3, 0.4) is 0 Å². The third-order valence-electron chi connectivity index (χ3n) is 5.12. The molecule has 33 heavy (non-hydrogen) atoms. The van der Waals surface area contributed by atoms with Crippen LogP contribution in [0.1, 0.15) is 24.0 Å². The van der Waals surface area contributed by atoms with Gasteiger partial charge >= 0.3 is 5.97 Å². The van der Waals surface area contributed by atoms with E-state index < -0.39 is 17.9 Å². The minimum absolute atomic E-state index is 0.106. The first-order valence-corrected chi connectivity index (χ1v) is 11.3. The van der Waals surface area contributed by atoms with Crippen molar-refractivity contribution in [2.24, 2.45) is 0 Å². The number of hydrogen-bond donors (Lipinski definition) is 2. The summed E-state index contributed by atoms with van der Waals surface area (Å²) < 4.78 is 5.32. The molecule has 2 N–H and O–H groups in total. The highest BCUT2D eigenvalue weighted by Crippen LogP contribution is 2.11. The Morgan fingerprint density at radius 1 is 1.12 bits per heavy atom. The summed E-state index contributed by atoms with van der Waals surface area (Å²) in [5.41, 5.74) is 2.05. The Labute approximate surface area is 198 Å². The van der Waals surface area contributed by atoms with Crippen LogP contribution >= 0.6 is 12.2 Å². The van der Waals surface area contributed by atoms with E-state index >= 15 is 0 Å². The van der Waals surface area contributed by atoms with Gasteiger partial charge < -0.3 is 15.0 Å². The molecule has 2 amide bonds. The zero-order chi connectivity index (χ0) is 23.5. The zero-order valence-electron chi connectivity index (χ0n) is 18.2. The maximum atomic E-state index is 12.4. The lowest BCUT2D eigenvalue weighted by atomic mass is 10.1. The van der Waals surface area contributed by atoms with E-state index in [1.54, 1.807) is 11.0 Å². The first kappa shape index (κ1) is 24.1. The molecular formula is C25H27N3O4S. The second-order valence-electron chi connectivity index (χ2n) is 7.55. The van der Waals surface area contributed by atoms with E-state index in [1.165, 1.54) is 11.6 Å². The van der Waals surface area contributed by atoms with Gasteiger partial charge in [-0.2, -0.15) is 0 Å². The highest BCUT2D eigenvalue weighted by Gasteiger charge is 2.34. The second kappa shape index (κ2) is 12.5. The molecule has 2 aromatic rings. The minimum Gasteiger partial charge on any atom is -0.466 e. The normalized spacial score (nSPS) is 15.7. The van der Waals surface area contributed by atoms with Crippen molar-refractivity contribution in [1.29, 1.82) is 0 Å². The minimum atomic E-state index is -0.828. The Morgan fingerprint density at radius 2 is 1.82 bits per heavy atom. The predicted molar refractivity (Wildman–Crippen MR) is 130 cm³/mol. The number of amides is 2. The Balaban J connectivity index is 1.48. The van der Waals surface area contributed by atoms with Gasteiger partial charge in [-0.1, -0.05) is 60.7 Å². The van der Waals surface area contributed by atoms with Crippen molar-refractivity contribution >= 4 is 41.2 Å². The number of carbonyl (C=O) groups excluding carboxylic acids is 3. The van der Waals surface area contributed by atoms with E-state index in [0.717, 1.165) is 12.0 Å². The summed E-state index contributed by atoms with van der Waals surface area (Å²) in [5, 5.41) is 5.46. The molecule has 0 radical (unpaired) electrons. The summed E-state index contributed by atoms with van der Waals surface area (Å²) in [5.74, 6) is -1.20. The first-order chi connectivity index (χ1) is 16.0. The van der Waals surface area contributed by atoms with Gasteiger partial charge in [0.15, 0.2) is 5.11 Å². The van der Waals surface area contributed by atoms with Crippen LogP contribution in [0.4, 0.5) is 0 Å². The Hall–Kier alpha value is -3.52. The number of esters is 1. The number of nitrogens with one attached hydrogen (secondary N) is 2. The van der Waals surface area contributed by atoms with E-state index in [2.05, 4.69) is 10.6 Å². The number of nitrogens with zero attached hydrogens (tertiary/aromatic N) is 1. The van der Waals surface area contributed by atoms with Crippen LogP contribution in [-0.2, 0) is 25.5 Å². The smallest absolute Gasteiger partial charge is 0.308 e. The number of ether oxygens (including phenoxy) is 1. The molecule has 172 valence electrons. The molecule has 0 spiro atoms. The average molecular weight is 466 g/mol. The molecule has 0 aliphatic carbocycles. The second-order valence-corrected chi connectivity index (χ2v) is 7.94. The van der Waals surface area contributed by atoms with Gasteiger partial charge in [-0.05, 0) is 42.3 Å². The standard InChI is InChI=1S/C25H27N3O4S/c29-22(14-13-20-10-5-2-6-11-20)27-25(33)28-16-15-26-24(31)21(28)18-23(30)32-17-7-12-19-8-3-1-4-9-19/h1-6,8-11,13-14,21H,7,12,15-18H2,(H,26,31)(H,27,29,33)/b14-13+. The van der Waals surface area contributed by atoms with Crippen LogP contribution in [0.25, 0.3) is 6.08 Å². The van der Waals surface area contributed by atoms with Crippen molar-refractivity contribution in [1.82, 2.24) is 15.5 Å². The largest absolute Gasteiger partial charge is 0.466 e. The lowest BCUT2D eigenvalue weighted by molar-refractivity contribution is -0.147. The average Bonchev–Trinajstić information content (AvgIpc) is 2.83. The molecule has 1 aliphatic heterocycles. The number of carbonyl (C=O) groups is 3. The molecule has 0 bridgehead atoms. The SMILES string of the molecule is O=C(/C=C/c1ccccc1)NC(=S)N1CCNC(=O)C1CC(=O)OCCCc1ccccc1. The Kier molecular flexibility index (Phi) is 9.14. The third kappa shape index (κ3) is 7.84. The number of hydrogen-bond acceptors (Lipinski definition) is 5. The quantitative estimate of drug-likeness (QED) is 0.270. The van der Waals surface area contributed by atoms with Gasteiger partial charge in [-0.25, -0.2) is 0 Å². The van der Waals surface area contributed by atoms with E-state index in [9.17, 15) is 14.4 Å². The van der Waals surface area contributed by atoms with Gasteiger partial charge in [-0.3, -0.25) is 19.7 Å². The first-order valence-electron chi connectivity index (χ1n) is 10.8. The molecule has 1 unspecified atom stereocenters. The van der Waals surface area contributed by atoms with Crippen LogP contribution in [0.2, 0.25) is 0 Å². The fraction of sp³-hybridized carbons (Fsp3) is 0.280. The Bertz CT molecular complexity index is 995. The number of benzene rings is 2. The molecule has 1 heterocycles. The highest BCUT2D eigenvalue weighted by atomic mass is 32.1. The van der Waals surface area contributed by atoms with Crippen molar-refractivity contribution < 1.29 is 19.1 Å².